The Kier molecular flexibility index (Phi) is 5.06. The van der Waals surface area contributed by atoms with Gasteiger partial charge in [0.25, 0.3) is 5.56 Å². The quantitative estimate of drug-likeness (QED) is 0.882. The second-order valence-electron chi connectivity index (χ2n) is 5.12. The molecule has 112 valence electrons. The smallest absolute Gasteiger partial charge is 0.265 e. The van der Waals surface area contributed by atoms with Crippen LogP contribution in [0.4, 0.5) is 0 Å². The second kappa shape index (κ2) is 6.62. The first-order valence-corrected chi connectivity index (χ1v) is 7.72. The van der Waals surface area contributed by atoms with Gasteiger partial charge in [-0.3, -0.25) is 4.79 Å². The number of methoxy groups -OCH3 is 1. The number of aromatic amines is 1. The molecule has 21 heavy (non-hydrogen) atoms. The van der Waals surface area contributed by atoms with Gasteiger partial charge in [-0.25, -0.2) is 4.98 Å². The molecule has 1 N–H and O–H groups in total. The van der Waals surface area contributed by atoms with E-state index in [-0.39, 0.29) is 5.56 Å². The first-order chi connectivity index (χ1) is 9.92. The van der Waals surface area contributed by atoms with Crippen LogP contribution in [0.1, 0.15) is 19.5 Å². The molecule has 0 aliphatic rings. The van der Waals surface area contributed by atoms with Crippen LogP contribution in [0, 0.1) is 5.92 Å². The SMILES string of the molecule is COc1cc(Cl)ccc1-c1nc(CC(C)C)c(Br)c(=O)[nH]1. The van der Waals surface area contributed by atoms with Crippen molar-refractivity contribution in [2.75, 3.05) is 7.11 Å². The van der Waals surface area contributed by atoms with Crippen molar-refractivity contribution < 1.29 is 4.74 Å². The molecule has 1 aromatic carbocycles. The molecule has 0 bridgehead atoms. The minimum atomic E-state index is -0.201. The predicted octanol–water partition coefficient (Wildman–Crippen LogP) is 4.06. The fourth-order valence-electron chi connectivity index (χ4n) is 2.02. The normalized spacial score (nSPS) is 11.0. The summed E-state index contributed by atoms with van der Waals surface area (Å²) in [5.74, 6) is 1.45. The maximum absolute atomic E-state index is 12.1. The number of nitrogens with zero attached hydrogens (tertiary/aromatic N) is 1. The van der Waals surface area contributed by atoms with E-state index in [2.05, 4.69) is 39.7 Å². The van der Waals surface area contributed by atoms with Crippen LogP contribution in [0.5, 0.6) is 5.75 Å². The number of hydrogen-bond acceptors (Lipinski definition) is 3. The van der Waals surface area contributed by atoms with Gasteiger partial charge in [0.1, 0.15) is 16.0 Å². The van der Waals surface area contributed by atoms with E-state index in [9.17, 15) is 4.79 Å². The summed E-state index contributed by atoms with van der Waals surface area (Å²) in [7, 11) is 1.56. The molecule has 2 aromatic rings. The Morgan fingerprint density at radius 3 is 2.76 bits per heavy atom. The highest BCUT2D eigenvalue weighted by atomic mass is 79.9. The first-order valence-electron chi connectivity index (χ1n) is 6.55. The molecule has 0 saturated carbocycles. The third-order valence-corrected chi connectivity index (χ3v) is 4.00. The van der Waals surface area contributed by atoms with Crippen molar-refractivity contribution in [3.8, 4) is 17.1 Å². The summed E-state index contributed by atoms with van der Waals surface area (Å²) >= 11 is 9.26. The number of benzene rings is 1. The average Bonchev–Trinajstić information content (AvgIpc) is 2.43. The van der Waals surface area contributed by atoms with Crippen LogP contribution in [0.15, 0.2) is 27.5 Å². The number of halogens is 2. The molecule has 0 spiro atoms. The number of H-pyrrole nitrogens is 1. The minimum Gasteiger partial charge on any atom is -0.496 e. The van der Waals surface area contributed by atoms with E-state index in [0.717, 1.165) is 5.69 Å². The zero-order chi connectivity index (χ0) is 15.6. The van der Waals surface area contributed by atoms with Gasteiger partial charge in [-0.15, -0.1) is 0 Å². The molecule has 0 radical (unpaired) electrons. The molecular weight excluding hydrogens is 356 g/mol. The summed E-state index contributed by atoms with van der Waals surface area (Å²) in [6.07, 6.45) is 0.716. The van der Waals surface area contributed by atoms with Gasteiger partial charge in [-0.05, 0) is 46.5 Å². The summed E-state index contributed by atoms with van der Waals surface area (Å²) in [5.41, 5.74) is 1.24. The summed E-state index contributed by atoms with van der Waals surface area (Å²) in [6, 6.07) is 5.22. The van der Waals surface area contributed by atoms with Crippen LogP contribution >= 0.6 is 27.5 Å². The molecule has 0 atom stereocenters. The predicted molar refractivity (Wildman–Crippen MR) is 88.1 cm³/mol. The molecule has 6 heteroatoms. The largest absolute Gasteiger partial charge is 0.496 e. The van der Waals surface area contributed by atoms with Crippen LogP contribution in [-0.4, -0.2) is 17.1 Å². The van der Waals surface area contributed by atoms with Crippen LogP contribution < -0.4 is 10.3 Å². The van der Waals surface area contributed by atoms with Gasteiger partial charge >= 0.3 is 0 Å². The van der Waals surface area contributed by atoms with E-state index in [0.29, 0.717) is 39.0 Å². The van der Waals surface area contributed by atoms with Crippen molar-refractivity contribution in [3.05, 3.63) is 43.7 Å². The van der Waals surface area contributed by atoms with Gasteiger partial charge in [0, 0.05) is 5.02 Å². The van der Waals surface area contributed by atoms with E-state index in [1.165, 1.54) is 0 Å². The van der Waals surface area contributed by atoms with E-state index < -0.39 is 0 Å². The Morgan fingerprint density at radius 1 is 1.43 bits per heavy atom. The molecular formula is C15H16BrClN2O2. The molecule has 1 heterocycles. The Bertz CT molecular complexity index is 713. The van der Waals surface area contributed by atoms with Crippen molar-refractivity contribution >= 4 is 27.5 Å². The standard InChI is InChI=1S/C15H16BrClN2O2/c1-8(2)6-11-13(16)15(20)19-14(18-11)10-5-4-9(17)7-12(10)21-3/h4-5,7-8H,6H2,1-3H3,(H,18,19,20). The molecule has 0 aliphatic carbocycles. The van der Waals surface area contributed by atoms with Crippen LogP contribution in [0.3, 0.4) is 0 Å². The number of hydrogen-bond donors (Lipinski definition) is 1. The highest BCUT2D eigenvalue weighted by molar-refractivity contribution is 9.10. The van der Waals surface area contributed by atoms with Gasteiger partial charge in [-0.1, -0.05) is 25.4 Å². The molecule has 0 aliphatic heterocycles. The lowest BCUT2D eigenvalue weighted by molar-refractivity contribution is 0.416. The number of ether oxygens (including phenoxy) is 1. The summed E-state index contributed by atoms with van der Waals surface area (Å²) < 4.78 is 5.79. The topological polar surface area (TPSA) is 55.0 Å². The Balaban J connectivity index is 2.59. The summed E-state index contributed by atoms with van der Waals surface area (Å²) in [5, 5.41) is 0.567. The van der Waals surface area contributed by atoms with Crippen LogP contribution in [0.2, 0.25) is 5.02 Å². The Morgan fingerprint density at radius 2 is 2.14 bits per heavy atom. The van der Waals surface area contributed by atoms with Crippen LogP contribution in [0.25, 0.3) is 11.4 Å². The molecule has 0 unspecified atom stereocenters. The van der Waals surface area contributed by atoms with E-state index in [1.807, 2.05) is 0 Å². The lowest BCUT2D eigenvalue weighted by atomic mass is 10.1. The average molecular weight is 372 g/mol. The lowest BCUT2D eigenvalue weighted by Gasteiger charge is -2.11. The summed E-state index contributed by atoms with van der Waals surface area (Å²) in [4.78, 5) is 19.4. The second-order valence-corrected chi connectivity index (χ2v) is 6.35. The fourth-order valence-corrected chi connectivity index (χ4v) is 2.53. The van der Waals surface area contributed by atoms with Crippen molar-refractivity contribution in [2.24, 2.45) is 5.92 Å². The lowest BCUT2D eigenvalue weighted by Crippen LogP contribution is -2.15. The summed E-state index contributed by atoms with van der Waals surface area (Å²) in [6.45, 7) is 4.16. The van der Waals surface area contributed by atoms with E-state index >= 15 is 0 Å². The van der Waals surface area contributed by atoms with Gasteiger partial charge in [0.2, 0.25) is 0 Å². The van der Waals surface area contributed by atoms with Crippen molar-refractivity contribution in [2.45, 2.75) is 20.3 Å². The van der Waals surface area contributed by atoms with Crippen molar-refractivity contribution in [1.29, 1.82) is 0 Å². The van der Waals surface area contributed by atoms with E-state index in [4.69, 9.17) is 16.3 Å². The van der Waals surface area contributed by atoms with Gasteiger partial charge in [0.05, 0.1) is 18.4 Å². The molecule has 0 amide bonds. The third-order valence-electron chi connectivity index (χ3n) is 2.95. The number of aromatic nitrogens is 2. The van der Waals surface area contributed by atoms with Crippen LogP contribution in [-0.2, 0) is 6.42 Å². The minimum absolute atomic E-state index is 0.201. The van der Waals surface area contributed by atoms with Gasteiger partial charge < -0.3 is 9.72 Å². The monoisotopic (exact) mass is 370 g/mol. The van der Waals surface area contributed by atoms with Gasteiger partial charge in [0.15, 0.2) is 0 Å². The van der Waals surface area contributed by atoms with E-state index in [1.54, 1.807) is 25.3 Å². The molecule has 0 fully saturated rings. The van der Waals surface area contributed by atoms with Crippen molar-refractivity contribution in [1.82, 2.24) is 9.97 Å². The molecule has 4 nitrogen and oxygen atoms in total. The Labute approximate surface area is 136 Å². The number of nitrogens with one attached hydrogen (secondary N) is 1. The zero-order valence-corrected chi connectivity index (χ0v) is 14.4. The van der Waals surface area contributed by atoms with Gasteiger partial charge in [-0.2, -0.15) is 0 Å². The fraction of sp³-hybridized carbons (Fsp3) is 0.333. The Hall–Kier alpha value is -1.33. The maximum atomic E-state index is 12.1. The molecule has 1 aromatic heterocycles. The van der Waals surface area contributed by atoms with Crippen molar-refractivity contribution in [3.63, 3.8) is 0 Å². The zero-order valence-electron chi connectivity index (χ0n) is 12.0. The highest BCUT2D eigenvalue weighted by Crippen LogP contribution is 2.30. The molecule has 0 saturated heterocycles. The number of rotatable bonds is 4. The highest BCUT2D eigenvalue weighted by Gasteiger charge is 2.14. The molecule has 2 rings (SSSR count). The third kappa shape index (κ3) is 3.66. The first kappa shape index (κ1) is 16.0. The maximum Gasteiger partial charge on any atom is 0.265 e.